The van der Waals surface area contributed by atoms with E-state index in [4.69, 9.17) is 10.4 Å². The quantitative estimate of drug-likeness (QED) is 0.577. The summed E-state index contributed by atoms with van der Waals surface area (Å²) in [6.45, 7) is 2.55. The minimum atomic E-state index is -0.774. The number of carboxylic acids is 1. The van der Waals surface area contributed by atoms with Gasteiger partial charge < -0.3 is 10.4 Å². The molecular weight excluding hydrogens is 156 g/mol. The average Bonchev–Trinajstić information content (AvgIpc) is 2.01. The molecule has 0 bridgehead atoms. The molecule has 12 heavy (non-hydrogen) atoms. The van der Waals surface area contributed by atoms with Gasteiger partial charge in [0.2, 0.25) is 0 Å². The Morgan fingerprint density at radius 2 is 2.42 bits per heavy atom. The summed E-state index contributed by atoms with van der Waals surface area (Å²) in [5.41, 5.74) is 0. The molecule has 0 saturated heterocycles. The Kier molecular flexibility index (Phi) is 6.02. The van der Waals surface area contributed by atoms with E-state index in [1.165, 1.54) is 0 Å². The molecule has 0 spiro atoms. The molecule has 4 heteroatoms. The second kappa shape index (κ2) is 6.62. The van der Waals surface area contributed by atoms with E-state index in [9.17, 15) is 4.79 Å². The van der Waals surface area contributed by atoms with Crippen LogP contribution in [0.4, 0.5) is 0 Å². The van der Waals surface area contributed by atoms with E-state index < -0.39 is 5.97 Å². The van der Waals surface area contributed by atoms with Gasteiger partial charge in [-0.2, -0.15) is 5.26 Å². The molecule has 68 valence electrons. The lowest BCUT2D eigenvalue weighted by Crippen LogP contribution is -2.27. The summed E-state index contributed by atoms with van der Waals surface area (Å²) in [5.74, 6) is -0.774. The highest BCUT2D eigenvalue weighted by Crippen LogP contribution is 1.95. The molecule has 0 amide bonds. The molecule has 0 aromatic heterocycles. The van der Waals surface area contributed by atoms with Crippen LogP contribution < -0.4 is 5.32 Å². The molecule has 0 aliphatic rings. The summed E-state index contributed by atoms with van der Waals surface area (Å²) < 4.78 is 0. The summed E-state index contributed by atoms with van der Waals surface area (Å²) in [6.07, 6.45) is 1.26. The average molecular weight is 170 g/mol. The third-order valence-electron chi connectivity index (χ3n) is 1.52. The van der Waals surface area contributed by atoms with Gasteiger partial charge >= 0.3 is 5.97 Å². The van der Waals surface area contributed by atoms with E-state index >= 15 is 0 Å². The smallest absolute Gasteiger partial charge is 0.303 e. The molecule has 0 aromatic rings. The lowest BCUT2D eigenvalue weighted by Gasteiger charge is -2.10. The van der Waals surface area contributed by atoms with Crippen LogP contribution in [0, 0.1) is 11.3 Å². The van der Waals surface area contributed by atoms with Crippen LogP contribution in [0.3, 0.4) is 0 Å². The largest absolute Gasteiger partial charge is 0.481 e. The first kappa shape index (κ1) is 10.9. The standard InChI is InChI=1S/C8H14N2O2/c1-7(3-4-8(11)12)10-6-2-5-9/h7,10H,2-4,6H2,1H3,(H,11,12). The van der Waals surface area contributed by atoms with E-state index in [0.717, 1.165) is 0 Å². The number of carbonyl (C=O) groups is 1. The fourth-order valence-electron chi connectivity index (χ4n) is 0.817. The third-order valence-corrected chi connectivity index (χ3v) is 1.52. The van der Waals surface area contributed by atoms with E-state index in [0.29, 0.717) is 19.4 Å². The highest BCUT2D eigenvalue weighted by Gasteiger charge is 2.03. The maximum atomic E-state index is 10.2. The number of nitriles is 1. The van der Waals surface area contributed by atoms with Crippen LogP contribution in [-0.2, 0) is 4.79 Å². The Morgan fingerprint density at radius 1 is 1.75 bits per heavy atom. The van der Waals surface area contributed by atoms with Crippen LogP contribution in [0.5, 0.6) is 0 Å². The lowest BCUT2D eigenvalue weighted by molar-refractivity contribution is -0.137. The van der Waals surface area contributed by atoms with Crippen molar-refractivity contribution in [1.82, 2.24) is 5.32 Å². The third kappa shape index (κ3) is 7.03. The molecule has 2 N–H and O–H groups in total. The van der Waals surface area contributed by atoms with Crippen molar-refractivity contribution in [3.05, 3.63) is 0 Å². The molecular formula is C8H14N2O2. The molecule has 0 aliphatic heterocycles. The number of rotatable bonds is 6. The lowest BCUT2D eigenvalue weighted by atomic mass is 10.2. The topological polar surface area (TPSA) is 73.1 Å². The van der Waals surface area contributed by atoms with Gasteiger partial charge in [0, 0.05) is 25.4 Å². The van der Waals surface area contributed by atoms with Crippen molar-refractivity contribution in [1.29, 1.82) is 5.26 Å². The van der Waals surface area contributed by atoms with Gasteiger partial charge in [0.1, 0.15) is 0 Å². The monoisotopic (exact) mass is 170 g/mol. The Balaban J connectivity index is 3.28. The zero-order chi connectivity index (χ0) is 9.40. The fraction of sp³-hybridized carbons (Fsp3) is 0.750. The normalized spacial score (nSPS) is 12.0. The van der Waals surface area contributed by atoms with Crippen LogP contribution in [0.25, 0.3) is 0 Å². The fourth-order valence-corrected chi connectivity index (χ4v) is 0.817. The number of nitrogens with zero attached hydrogens (tertiary/aromatic N) is 1. The molecule has 0 fully saturated rings. The van der Waals surface area contributed by atoms with Gasteiger partial charge in [-0.3, -0.25) is 4.79 Å². The van der Waals surface area contributed by atoms with Crippen LogP contribution in [0.2, 0.25) is 0 Å². The predicted molar refractivity (Wildman–Crippen MR) is 44.6 cm³/mol. The number of aliphatic carboxylic acids is 1. The van der Waals surface area contributed by atoms with E-state index in [2.05, 4.69) is 5.32 Å². The molecule has 0 radical (unpaired) electrons. The van der Waals surface area contributed by atoms with Gasteiger partial charge in [0.25, 0.3) is 0 Å². The zero-order valence-corrected chi connectivity index (χ0v) is 7.21. The first-order valence-electron chi connectivity index (χ1n) is 3.99. The van der Waals surface area contributed by atoms with Crippen molar-refractivity contribution in [2.45, 2.75) is 32.2 Å². The molecule has 0 heterocycles. The van der Waals surface area contributed by atoms with Crippen LogP contribution in [-0.4, -0.2) is 23.7 Å². The van der Waals surface area contributed by atoms with Crippen LogP contribution in [0.15, 0.2) is 0 Å². The summed E-state index contributed by atoms with van der Waals surface area (Å²) in [5, 5.41) is 19.6. The first-order valence-corrected chi connectivity index (χ1v) is 3.99. The van der Waals surface area contributed by atoms with Crippen molar-refractivity contribution < 1.29 is 9.90 Å². The Bertz CT molecular complexity index is 174. The van der Waals surface area contributed by atoms with E-state index in [-0.39, 0.29) is 12.5 Å². The highest BCUT2D eigenvalue weighted by molar-refractivity contribution is 5.66. The van der Waals surface area contributed by atoms with Crippen molar-refractivity contribution in [2.24, 2.45) is 0 Å². The Morgan fingerprint density at radius 3 is 2.92 bits per heavy atom. The molecule has 0 aromatic carbocycles. The summed E-state index contributed by atoms with van der Waals surface area (Å²) in [6, 6.07) is 2.18. The summed E-state index contributed by atoms with van der Waals surface area (Å²) in [4.78, 5) is 10.2. The van der Waals surface area contributed by atoms with Crippen LogP contribution in [0.1, 0.15) is 26.2 Å². The van der Waals surface area contributed by atoms with Crippen molar-refractivity contribution in [2.75, 3.05) is 6.54 Å². The van der Waals surface area contributed by atoms with E-state index in [1.807, 2.05) is 13.0 Å². The number of nitrogens with one attached hydrogen (secondary N) is 1. The molecule has 1 unspecified atom stereocenters. The molecule has 4 nitrogen and oxygen atoms in total. The van der Waals surface area contributed by atoms with Crippen molar-refractivity contribution in [3.63, 3.8) is 0 Å². The number of hydrogen-bond acceptors (Lipinski definition) is 3. The van der Waals surface area contributed by atoms with Crippen LogP contribution >= 0.6 is 0 Å². The minimum Gasteiger partial charge on any atom is -0.481 e. The second-order valence-electron chi connectivity index (χ2n) is 2.70. The van der Waals surface area contributed by atoms with Gasteiger partial charge in [-0.25, -0.2) is 0 Å². The minimum absolute atomic E-state index is 0.175. The molecule has 0 rings (SSSR count). The second-order valence-corrected chi connectivity index (χ2v) is 2.70. The Hall–Kier alpha value is -1.08. The van der Waals surface area contributed by atoms with E-state index in [1.54, 1.807) is 0 Å². The van der Waals surface area contributed by atoms with Crippen molar-refractivity contribution >= 4 is 5.97 Å². The molecule has 0 saturated carbocycles. The molecule has 1 atom stereocenters. The molecule has 0 aliphatic carbocycles. The predicted octanol–water partition coefficient (Wildman–Crippen LogP) is 0.743. The summed E-state index contributed by atoms with van der Waals surface area (Å²) >= 11 is 0. The van der Waals surface area contributed by atoms with Gasteiger partial charge in [-0.1, -0.05) is 0 Å². The van der Waals surface area contributed by atoms with Gasteiger partial charge in [0.15, 0.2) is 0 Å². The van der Waals surface area contributed by atoms with Crippen molar-refractivity contribution in [3.8, 4) is 6.07 Å². The maximum absolute atomic E-state index is 10.2. The van der Waals surface area contributed by atoms with Gasteiger partial charge in [-0.05, 0) is 13.3 Å². The highest BCUT2D eigenvalue weighted by atomic mass is 16.4. The zero-order valence-electron chi connectivity index (χ0n) is 7.21. The summed E-state index contributed by atoms with van der Waals surface area (Å²) in [7, 11) is 0. The number of hydrogen-bond donors (Lipinski definition) is 2. The maximum Gasteiger partial charge on any atom is 0.303 e. The first-order chi connectivity index (χ1) is 5.66. The number of carboxylic acid groups (broad SMARTS) is 1. The Labute approximate surface area is 72.2 Å². The van der Waals surface area contributed by atoms with Gasteiger partial charge in [-0.15, -0.1) is 0 Å². The van der Waals surface area contributed by atoms with Gasteiger partial charge in [0.05, 0.1) is 6.07 Å². The SMILES string of the molecule is CC(CCC(=O)O)NCCC#N.